The molecule has 3 aromatic rings. The molecule has 6 heteroatoms. The minimum Gasteiger partial charge on any atom is -0.374 e. The van der Waals surface area contributed by atoms with E-state index in [0.29, 0.717) is 18.7 Å². The van der Waals surface area contributed by atoms with Gasteiger partial charge in [0, 0.05) is 25.3 Å². The number of carbonyl (C=O) groups is 1. The highest BCUT2D eigenvalue weighted by Gasteiger charge is 2.10. The zero-order chi connectivity index (χ0) is 18.4. The lowest BCUT2D eigenvalue weighted by Gasteiger charge is -2.13. The van der Waals surface area contributed by atoms with Gasteiger partial charge in [0.1, 0.15) is 5.52 Å². The summed E-state index contributed by atoms with van der Waals surface area (Å²) in [4.78, 5) is 12.3. The van der Waals surface area contributed by atoms with Gasteiger partial charge in [-0.25, -0.2) is 4.68 Å². The summed E-state index contributed by atoms with van der Waals surface area (Å²) in [6.07, 6.45) is 0.812. The van der Waals surface area contributed by atoms with Crippen molar-refractivity contribution in [1.82, 2.24) is 20.3 Å². The number of aromatic nitrogens is 3. The van der Waals surface area contributed by atoms with Crippen LogP contribution in [0.15, 0.2) is 48.5 Å². The second-order valence-corrected chi connectivity index (χ2v) is 6.14. The van der Waals surface area contributed by atoms with Crippen molar-refractivity contribution in [3.63, 3.8) is 0 Å². The number of fused-ring (bicyclic) bond motifs is 1. The van der Waals surface area contributed by atoms with Gasteiger partial charge in [-0.3, -0.25) is 4.79 Å². The molecule has 0 aliphatic carbocycles. The Balaban J connectivity index is 1.44. The molecule has 0 spiro atoms. The molecular formula is C20H24N4O2. The summed E-state index contributed by atoms with van der Waals surface area (Å²) in [6, 6.07) is 15.6. The second kappa shape index (κ2) is 8.58. The van der Waals surface area contributed by atoms with Gasteiger partial charge in [-0.1, -0.05) is 35.5 Å². The van der Waals surface area contributed by atoms with Gasteiger partial charge in [0.05, 0.1) is 11.6 Å². The van der Waals surface area contributed by atoms with Gasteiger partial charge in [-0.2, -0.15) is 0 Å². The lowest BCUT2D eigenvalue weighted by molar-refractivity contribution is 0.0635. The monoisotopic (exact) mass is 352 g/mol. The maximum Gasteiger partial charge on any atom is 0.251 e. The van der Waals surface area contributed by atoms with Crippen LogP contribution in [0.5, 0.6) is 0 Å². The molecule has 1 aromatic heterocycles. The van der Waals surface area contributed by atoms with Crippen molar-refractivity contribution >= 4 is 16.9 Å². The Morgan fingerprint density at radius 3 is 2.81 bits per heavy atom. The van der Waals surface area contributed by atoms with Crippen molar-refractivity contribution in [2.75, 3.05) is 13.2 Å². The van der Waals surface area contributed by atoms with E-state index in [0.717, 1.165) is 29.6 Å². The zero-order valence-corrected chi connectivity index (χ0v) is 15.2. The van der Waals surface area contributed by atoms with Crippen LogP contribution in [-0.2, 0) is 11.3 Å². The Morgan fingerprint density at radius 2 is 2.04 bits per heavy atom. The van der Waals surface area contributed by atoms with E-state index in [2.05, 4.69) is 27.8 Å². The van der Waals surface area contributed by atoms with Crippen LogP contribution in [0.3, 0.4) is 0 Å². The van der Waals surface area contributed by atoms with Crippen LogP contribution in [0.1, 0.15) is 42.3 Å². The molecule has 6 nitrogen and oxygen atoms in total. The third-order valence-electron chi connectivity index (χ3n) is 4.32. The highest BCUT2D eigenvalue weighted by Crippen LogP contribution is 2.16. The molecule has 1 N–H and O–H groups in total. The number of hydrogen-bond acceptors (Lipinski definition) is 4. The van der Waals surface area contributed by atoms with Crippen LogP contribution in [-0.4, -0.2) is 34.1 Å². The molecule has 1 unspecified atom stereocenters. The predicted molar refractivity (Wildman–Crippen MR) is 101 cm³/mol. The predicted octanol–water partition coefficient (Wildman–Crippen LogP) is 3.35. The number of nitrogens with one attached hydrogen (secondary N) is 1. The van der Waals surface area contributed by atoms with Crippen LogP contribution in [0.2, 0.25) is 0 Å². The first kappa shape index (κ1) is 18.1. The summed E-state index contributed by atoms with van der Waals surface area (Å²) in [6.45, 7) is 5.96. The van der Waals surface area contributed by atoms with Gasteiger partial charge in [-0.15, -0.1) is 5.10 Å². The summed E-state index contributed by atoms with van der Waals surface area (Å²) in [5, 5.41) is 11.1. The van der Waals surface area contributed by atoms with Gasteiger partial charge in [-0.05, 0) is 44.0 Å². The number of amides is 1. The Kier molecular flexibility index (Phi) is 5.96. The maximum atomic E-state index is 12.3. The lowest BCUT2D eigenvalue weighted by Crippen LogP contribution is -2.25. The van der Waals surface area contributed by atoms with Crippen LogP contribution >= 0.6 is 0 Å². The first-order valence-electron chi connectivity index (χ1n) is 8.97. The molecule has 0 aliphatic rings. The number of nitrogens with zero attached hydrogens (tertiary/aromatic N) is 3. The zero-order valence-electron chi connectivity index (χ0n) is 15.2. The van der Waals surface area contributed by atoms with E-state index < -0.39 is 0 Å². The molecule has 1 heterocycles. The summed E-state index contributed by atoms with van der Waals surface area (Å²) >= 11 is 0. The summed E-state index contributed by atoms with van der Waals surface area (Å²) in [7, 11) is 0. The van der Waals surface area contributed by atoms with Crippen molar-refractivity contribution in [3.05, 3.63) is 59.7 Å². The van der Waals surface area contributed by atoms with Crippen molar-refractivity contribution < 1.29 is 9.53 Å². The summed E-state index contributed by atoms with van der Waals surface area (Å²) in [5.41, 5.74) is 3.43. The quantitative estimate of drug-likeness (QED) is 0.631. The molecule has 0 fully saturated rings. The topological polar surface area (TPSA) is 69.0 Å². The van der Waals surface area contributed by atoms with E-state index in [1.807, 2.05) is 42.8 Å². The van der Waals surface area contributed by atoms with Gasteiger partial charge in [0.25, 0.3) is 5.91 Å². The van der Waals surface area contributed by atoms with Crippen LogP contribution in [0.4, 0.5) is 0 Å². The minimum atomic E-state index is -0.103. The molecule has 0 saturated heterocycles. The Hall–Kier alpha value is -2.73. The van der Waals surface area contributed by atoms with E-state index in [-0.39, 0.29) is 12.0 Å². The third-order valence-corrected chi connectivity index (χ3v) is 4.32. The average molecular weight is 352 g/mol. The van der Waals surface area contributed by atoms with Gasteiger partial charge >= 0.3 is 0 Å². The highest BCUT2D eigenvalue weighted by molar-refractivity contribution is 5.97. The van der Waals surface area contributed by atoms with E-state index in [1.165, 1.54) is 0 Å². The number of rotatable bonds is 8. The number of benzene rings is 2. The Labute approximate surface area is 153 Å². The largest absolute Gasteiger partial charge is 0.374 e. The van der Waals surface area contributed by atoms with Crippen LogP contribution in [0.25, 0.3) is 11.0 Å². The van der Waals surface area contributed by atoms with E-state index >= 15 is 0 Å². The van der Waals surface area contributed by atoms with E-state index in [1.54, 1.807) is 12.1 Å². The molecule has 0 radical (unpaired) electrons. The van der Waals surface area contributed by atoms with Gasteiger partial charge < -0.3 is 10.1 Å². The molecule has 3 rings (SSSR count). The fourth-order valence-electron chi connectivity index (χ4n) is 2.80. The van der Waals surface area contributed by atoms with Crippen molar-refractivity contribution in [3.8, 4) is 0 Å². The summed E-state index contributed by atoms with van der Waals surface area (Å²) in [5.74, 6) is -0.103. The Bertz CT molecular complexity index is 861. The second-order valence-electron chi connectivity index (χ2n) is 6.14. The molecule has 136 valence electrons. The van der Waals surface area contributed by atoms with E-state index in [4.69, 9.17) is 4.74 Å². The summed E-state index contributed by atoms with van der Waals surface area (Å²) < 4.78 is 7.62. The molecule has 1 amide bonds. The van der Waals surface area contributed by atoms with Gasteiger partial charge in [0.2, 0.25) is 0 Å². The molecule has 0 saturated carbocycles. The normalized spacial score (nSPS) is 12.2. The highest BCUT2D eigenvalue weighted by atomic mass is 16.5. The van der Waals surface area contributed by atoms with Gasteiger partial charge in [0.15, 0.2) is 0 Å². The van der Waals surface area contributed by atoms with Crippen LogP contribution in [0, 0.1) is 0 Å². The molecule has 1 atom stereocenters. The minimum absolute atomic E-state index is 0.0514. The number of ether oxygens (including phenoxy) is 1. The third kappa shape index (κ3) is 4.26. The lowest BCUT2D eigenvalue weighted by atomic mass is 10.1. The molecule has 0 aliphatic heterocycles. The standard InChI is InChI=1S/C20H24N4O2/c1-3-24-19-11-10-17(14-18(19)22-23-24)20(25)21-12-7-13-26-15(2)16-8-5-4-6-9-16/h4-6,8-11,14-15H,3,7,12-13H2,1-2H3,(H,21,25). The van der Waals surface area contributed by atoms with E-state index in [9.17, 15) is 4.79 Å². The fraction of sp³-hybridized carbons (Fsp3) is 0.350. The molecule has 26 heavy (non-hydrogen) atoms. The van der Waals surface area contributed by atoms with Crippen molar-refractivity contribution in [2.24, 2.45) is 0 Å². The van der Waals surface area contributed by atoms with Crippen LogP contribution < -0.4 is 5.32 Å². The van der Waals surface area contributed by atoms with Crippen molar-refractivity contribution in [2.45, 2.75) is 32.9 Å². The average Bonchev–Trinajstić information content (AvgIpc) is 3.10. The molecular weight excluding hydrogens is 328 g/mol. The SMILES string of the molecule is CCn1nnc2cc(C(=O)NCCCOC(C)c3ccccc3)ccc21. The number of carbonyl (C=O) groups excluding carboxylic acids is 1. The smallest absolute Gasteiger partial charge is 0.251 e. The molecule has 0 bridgehead atoms. The first-order chi connectivity index (χ1) is 12.7. The number of aryl methyl sites for hydroxylation is 1. The maximum absolute atomic E-state index is 12.3. The fourth-order valence-corrected chi connectivity index (χ4v) is 2.80. The first-order valence-corrected chi connectivity index (χ1v) is 8.97. The Morgan fingerprint density at radius 1 is 1.23 bits per heavy atom. The number of hydrogen-bond donors (Lipinski definition) is 1. The molecule has 2 aromatic carbocycles. The van der Waals surface area contributed by atoms with Crippen molar-refractivity contribution in [1.29, 1.82) is 0 Å².